The first-order chi connectivity index (χ1) is 5.03. The van der Waals surface area contributed by atoms with Gasteiger partial charge in [-0.25, -0.2) is 0 Å². The van der Waals surface area contributed by atoms with Gasteiger partial charge in [0.1, 0.15) is 0 Å². The van der Waals surface area contributed by atoms with Crippen molar-refractivity contribution >= 4 is 0 Å². The molecule has 2 unspecified atom stereocenters. The number of hydrogen-bond donors (Lipinski definition) is 0. The van der Waals surface area contributed by atoms with Crippen molar-refractivity contribution in [1.29, 1.82) is 0 Å². The lowest BCUT2D eigenvalue weighted by molar-refractivity contribution is -0.00989. The maximum atomic E-state index is 5.64. The summed E-state index contributed by atoms with van der Waals surface area (Å²) in [6.07, 6.45) is 3.32. The zero-order chi connectivity index (χ0) is 8.48. The summed E-state index contributed by atoms with van der Waals surface area (Å²) in [7, 11) is 0. The van der Waals surface area contributed by atoms with Crippen LogP contribution in [-0.2, 0) is 4.74 Å². The Kier molecular flexibility index (Phi) is 2.38. The number of ether oxygens (including phenoxy) is 1. The summed E-state index contributed by atoms with van der Waals surface area (Å²) >= 11 is 0. The Bertz CT molecular complexity index is 143. The van der Waals surface area contributed by atoms with Gasteiger partial charge in [-0.2, -0.15) is 0 Å². The van der Waals surface area contributed by atoms with E-state index >= 15 is 0 Å². The highest BCUT2D eigenvalue weighted by Gasteiger charge is 2.35. The highest BCUT2D eigenvalue weighted by atomic mass is 16.5. The lowest BCUT2D eigenvalue weighted by Crippen LogP contribution is -2.20. The summed E-state index contributed by atoms with van der Waals surface area (Å²) in [5, 5.41) is 0. The minimum Gasteiger partial charge on any atom is -0.376 e. The molecule has 1 aliphatic rings. The summed E-state index contributed by atoms with van der Waals surface area (Å²) < 4.78 is 5.64. The van der Waals surface area contributed by atoms with E-state index in [4.69, 9.17) is 4.74 Å². The van der Waals surface area contributed by atoms with Crippen LogP contribution in [0.4, 0.5) is 0 Å². The van der Waals surface area contributed by atoms with Crippen molar-refractivity contribution < 1.29 is 4.74 Å². The average molecular weight is 154 g/mol. The molecule has 0 radical (unpaired) electrons. The van der Waals surface area contributed by atoms with E-state index in [2.05, 4.69) is 27.4 Å². The van der Waals surface area contributed by atoms with Gasteiger partial charge in [0.25, 0.3) is 0 Å². The van der Waals surface area contributed by atoms with E-state index in [1.54, 1.807) is 0 Å². The van der Waals surface area contributed by atoms with Gasteiger partial charge >= 0.3 is 0 Å². The zero-order valence-corrected chi connectivity index (χ0v) is 7.76. The Hall–Kier alpha value is -0.300. The summed E-state index contributed by atoms with van der Waals surface area (Å²) in [6.45, 7) is 11.0. The van der Waals surface area contributed by atoms with Crippen molar-refractivity contribution in [2.45, 2.75) is 32.8 Å². The third-order valence-electron chi connectivity index (χ3n) is 2.01. The van der Waals surface area contributed by atoms with Gasteiger partial charge < -0.3 is 4.74 Å². The van der Waals surface area contributed by atoms with Crippen LogP contribution in [-0.4, -0.2) is 12.2 Å². The van der Waals surface area contributed by atoms with E-state index in [0.717, 1.165) is 18.4 Å². The second-order valence-electron chi connectivity index (χ2n) is 4.32. The number of allylic oxidation sites excluding steroid dienone is 1. The van der Waals surface area contributed by atoms with Gasteiger partial charge in [-0.05, 0) is 39.0 Å². The Morgan fingerprint density at radius 3 is 2.55 bits per heavy atom. The van der Waals surface area contributed by atoms with Crippen LogP contribution in [0.3, 0.4) is 0 Å². The van der Waals surface area contributed by atoms with E-state index in [0.29, 0.717) is 0 Å². The molecule has 0 aliphatic heterocycles. The van der Waals surface area contributed by atoms with Gasteiger partial charge in [0.2, 0.25) is 0 Å². The lowest BCUT2D eigenvalue weighted by atomic mass is 10.2. The predicted molar refractivity (Wildman–Crippen MR) is 47.5 cm³/mol. The molecule has 11 heavy (non-hydrogen) atoms. The van der Waals surface area contributed by atoms with Gasteiger partial charge in [-0.3, -0.25) is 0 Å². The predicted octanol–water partition coefficient (Wildman–Crippen LogP) is 2.62. The third-order valence-corrected chi connectivity index (χ3v) is 2.01. The van der Waals surface area contributed by atoms with E-state index in [1.807, 2.05) is 6.08 Å². The van der Waals surface area contributed by atoms with Crippen molar-refractivity contribution in [1.82, 2.24) is 0 Å². The van der Waals surface area contributed by atoms with Crippen LogP contribution in [0.1, 0.15) is 27.2 Å². The quantitative estimate of drug-likeness (QED) is 0.568. The molecule has 0 amide bonds. The van der Waals surface area contributed by atoms with E-state index in [-0.39, 0.29) is 5.60 Å². The summed E-state index contributed by atoms with van der Waals surface area (Å²) in [6, 6.07) is 0. The molecule has 1 aliphatic carbocycles. The normalized spacial score (nSPS) is 30.1. The van der Waals surface area contributed by atoms with Crippen molar-refractivity contribution in [3.63, 3.8) is 0 Å². The molecule has 0 spiro atoms. The largest absolute Gasteiger partial charge is 0.376 e. The summed E-state index contributed by atoms with van der Waals surface area (Å²) in [4.78, 5) is 0. The van der Waals surface area contributed by atoms with Crippen molar-refractivity contribution in [2.24, 2.45) is 11.8 Å². The average Bonchev–Trinajstić information content (AvgIpc) is 2.60. The fraction of sp³-hybridized carbons (Fsp3) is 0.800. The topological polar surface area (TPSA) is 9.23 Å². The molecule has 1 fully saturated rings. The summed E-state index contributed by atoms with van der Waals surface area (Å²) in [5.41, 5.74) is 0.0221. The van der Waals surface area contributed by atoms with Crippen LogP contribution in [0.25, 0.3) is 0 Å². The molecule has 0 heterocycles. The Morgan fingerprint density at radius 1 is 1.55 bits per heavy atom. The van der Waals surface area contributed by atoms with Crippen LogP contribution in [0, 0.1) is 11.8 Å². The van der Waals surface area contributed by atoms with E-state index < -0.39 is 0 Å². The van der Waals surface area contributed by atoms with Crippen molar-refractivity contribution in [2.75, 3.05) is 6.61 Å². The van der Waals surface area contributed by atoms with Gasteiger partial charge in [-0.1, -0.05) is 6.08 Å². The first-order valence-corrected chi connectivity index (χ1v) is 4.29. The van der Waals surface area contributed by atoms with Crippen molar-refractivity contribution in [3.05, 3.63) is 12.7 Å². The van der Waals surface area contributed by atoms with Gasteiger partial charge in [0.05, 0.1) is 12.2 Å². The van der Waals surface area contributed by atoms with Crippen LogP contribution in [0.2, 0.25) is 0 Å². The maximum Gasteiger partial charge on any atom is 0.0598 e. The molecular formula is C10H18O. The highest BCUT2D eigenvalue weighted by Crippen LogP contribution is 2.39. The van der Waals surface area contributed by atoms with Crippen LogP contribution < -0.4 is 0 Å². The Balaban J connectivity index is 2.11. The SMILES string of the molecule is C=CC1CC1COC(C)(C)C. The fourth-order valence-corrected chi connectivity index (χ4v) is 1.11. The molecule has 0 aromatic rings. The molecule has 0 aromatic carbocycles. The van der Waals surface area contributed by atoms with E-state index in [1.165, 1.54) is 6.42 Å². The van der Waals surface area contributed by atoms with Crippen LogP contribution >= 0.6 is 0 Å². The highest BCUT2D eigenvalue weighted by molar-refractivity contribution is 4.97. The molecule has 2 atom stereocenters. The van der Waals surface area contributed by atoms with Crippen LogP contribution in [0.15, 0.2) is 12.7 Å². The van der Waals surface area contributed by atoms with Gasteiger partial charge in [0.15, 0.2) is 0 Å². The Morgan fingerprint density at radius 2 is 2.18 bits per heavy atom. The smallest absolute Gasteiger partial charge is 0.0598 e. The van der Waals surface area contributed by atoms with Gasteiger partial charge in [0, 0.05) is 0 Å². The Labute approximate surface area is 69.4 Å². The molecule has 1 nitrogen and oxygen atoms in total. The molecule has 1 rings (SSSR count). The first-order valence-electron chi connectivity index (χ1n) is 4.29. The zero-order valence-electron chi connectivity index (χ0n) is 7.76. The van der Waals surface area contributed by atoms with Gasteiger partial charge in [-0.15, -0.1) is 6.58 Å². The minimum absolute atomic E-state index is 0.0221. The monoisotopic (exact) mass is 154 g/mol. The molecular weight excluding hydrogens is 136 g/mol. The molecule has 0 bridgehead atoms. The minimum atomic E-state index is 0.0221. The second-order valence-corrected chi connectivity index (χ2v) is 4.32. The second kappa shape index (κ2) is 2.98. The third kappa shape index (κ3) is 3.06. The molecule has 1 saturated carbocycles. The number of hydrogen-bond acceptors (Lipinski definition) is 1. The molecule has 0 aromatic heterocycles. The standard InChI is InChI=1S/C10H18O/c1-5-8-6-9(8)7-11-10(2,3)4/h5,8-9H,1,6-7H2,2-4H3. The lowest BCUT2D eigenvalue weighted by Gasteiger charge is -2.19. The molecule has 0 N–H and O–H groups in total. The maximum absolute atomic E-state index is 5.64. The first kappa shape index (κ1) is 8.79. The molecule has 0 saturated heterocycles. The van der Waals surface area contributed by atoms with Crippen LogP contribution in [0.5, 0.6) is 0 Å². The van der Waals surface area contributed by atoms with E-state index in [9.17, 15) is 0 Å². The van der Waals surface area contributed by atoms with Crippen molar-refractivity contribution in [3.8, 4) is 0 Å². The molecule has 64 valence electrons. The number of rotatable bonds is 3. The fourth-order valence-electron chi connectivity index (χ4n) is 1.11. The summed E-state index contributed by atoms with van der Waals surface area (Å²) in [5.74, 6) is 1.49. The molecule has 1 heteroatoms.